The summed E-state index contributed by atoms with van der Waals surface area (Å²) in [4.78, 5) is 4.40. The van der Waals surface area contributed by atoms with Crippen LogP contribution in [0, 0.1) is 0 Å². The van der Waals surface area contributed by atoms with E-state index in [0.29, 0.717) is 0 Å². The summed E-state index contributed by atoms with van der Waals surface area (Å²) in [6, 6.07) is 14.4. The summed E-state index contributed by atoms with van der Waals surface area (Å²) in [6.07, 6.45) is 5.20. The van der Waals surface area contributed by atoms with Crippen molar-refractivity contribution in [3.8, 4) is 11.4 Å². The molecule has 6 heteroatoms. The van der Waals surface area contributed by atoms with Crippen LogP contribution in [0.2, 0.25) is 5.02 Å². The van der Waals surface area contributed by atoms with Gasteiger partial charge in [0.25, 0.3) is 0 Å². The number of imidazole rings is 1. The van der Waals surface area contributed by atoms with Crippen molar-refractivity contribution < 1.29 is 0 Å². The predicted molar refractivity (Wildman–Crippen MR) is 107 cm³/mol. The van der Waals surface area contributed by atoms with Gasteiger partial charge in [0.2, 0.25) is 0 Å². The average molecular weight is 378 g/mol. The van der Waals surface area contributed by atoms with Crippen LogP contribution in [0.3, 0.4) is 0 Å². The Labute approximate surface area is 162 Å². The van der Waals surface area contributed by atoms with Crippen LogP contribution >= 0.6 is 11.6 Å². The molecular formula is C21H20ClN5. The second-order valence-electron chi connectivity index (χ2n) is 7.41. The largest absolute Gasteiger partial charge is 0.334 e. The molecule has 0 aliphatic heterocycles. The molecule has 1 fully saturated rings. The highest BCUT2D eigenvalue weighted by Crippen LogP contribution is 2.48. The van der Waals surface area contributed by atoms with Gasteiger partial charge >= 0.3 is 0 Å². The molecular weight excluding hydrogens is 358 g/mol. The van der Waals surface area contributed by atoms with E-state index in [2.05, 4.69) is 51.1 Å². The minimum absolute atomic E-state index is 0.0682. The zero-order valence-electron chi connectivity index (χ0n) is 15.4. The van der Waals surface area contributed by atoms with E-state index >= 15 is 0 Å². The predicted octanol–water partition coefficient (Wildman–Crippen LogP) is 4.49. The van der Waals surface area contributed by atoms with Gasteiger partial charge in [-0.15, -0.1) is 10.2 Å². The topological polar surface area (TPSA) is 48.5 Å². The van der Waals surface area contributed by atoms with Crippen molar-refractivity contribution in [3.63, 3.8) is 0 Å². The Balaban J connectivity index is 1.61. The second kappa shape index (κ2) is 5.92. The average Bonchev–Trinajstić information content (AvgIpc) is 3.19. The minimum atomic E-state index is -0.0682. The molecule has 5 nitrogen and oxygen atoms in total. The van der Waals surface area contributed by atoms with E-state index in [4.69, 9.17) is 11.6 Å². The van der Waals surface area contributed by atoms with Gasteiger partial charge in [-0.1, -0.05) is 30.2 Å². The van der Waals surface area contributed by atoms with Crippen molar-refractivity contribution in [1.29, 1.82) is 0 Å². The van der Waals surface area contributed by atoms with Gasteiger partial charge in [0, 0.05) is 24.7 Å². The summed E-state index contributed by atoms with van der Waals surface area (Å²) in [7, 11) is 4.07. The third kappa shape index (κ3) is 2.42. The van der Waals surface area contributed by atoms with Crippen molar-refractivity contribution in [2.45, 2.75) is 24.7 Å². The van der Waals surface area contributed by atoms with Gasteiger partial charge in [0.1, 0.15) is 5.82 Å². The summed E-state index contributed by atoms with van der Waals surface area (Å²) < 4.78 is 4.17. The van der Waals surface area contributed by atoms with Gasteiger partial charge in [0.05, 0.1) is 22.8 Å². The van der Waals surface area contributed by atoms with Crippen molar-refractivity contribution >= 4 is 22.6 Å². The Bertz CT molecular complexity index is 1140. The zero-order chi connectivity index (χ0) is 18.6. The Morgan fingerprint density at radius 1 is 1.00 bits per heavy atom. The van der Waals surface area contributed by atoms with Crippen molar-refractivity contribution in [2.24, 2.45) is 14.1 Å². The SMILES string of the molecule is Cn1c(-c2ccc3ncn(C)c3c2)nnc1C1(c2ccc(Cl)cc2)CCC1. The van der Waals surface area contributed by atoms with Crippen LogP contribution in [0.5, 0.6) is 0 Å². The normalized spacial score (nSPS) is 15.8. The van der Waals surface area contributed by atoms with Gasteiger partial charge in [-0.25, -0.2) is 4.98 Å². The number of halogens is 1. The molecule has 1 saturated carbocycles. The molecule has 0 atom stereocenters. The lowest BCUT2D eigenvalue weighted by Crippen LogP contribution is -2.38. The summed E-state index contributed by atoms with van der Waals surface area (Å²) in [5.74, 6) is 1.91. The van der Waals surface area contributed by atoms with Gasteiger partial charge in [0.15, 0.2) is 5.82 Å². The van der Waals surface area contributed by atoms with Crippen LogP contribution < -0.4 is 0 Å². The number of hydrogen-bond acceptors (Lipinski definition) is 3. The highest BCUT2D eigenvalue weighted by Gasteiger charge is 2.44. The summed E-state index contributed by atoms with van der Waals surface area (Å²) in [5.41, 5.74) is 4.33. The van der Waals surface area contributed by atoms with Gasteiger partial charge in [-0.05, 0) is 48.7 Å². The molecule has 0 radical (unpaired) electrons. The van der Waals surface area contributed by atoms with E-state index < -0.39 is 0 Å². The molecule has 1 aliphatic carbocycles. The first-order valence-electron chi connectivity index (χ1n) is 9.16. The third-order valence-corrected chi connectivity index (χ3v) is 6.14. The first-order chi connectivity index (χ1) is 13.1. The van der Waals surface area contributed by atoms with E-state index in [1.54, 1.807) is 0 Å². The molecule has 4 aromatic rings. The van der Waals surface area contributed by atoms with Crippen molar-refractivity contribution in [2.75, 3.05) is 0 Å². The van der Waals surface area contributed by atoms with E-state index in [1.165, 1.54) is 12.0 Å². The maximum atomic E-state index is 6.10. The molecule has 0 bridgehead atoms. The smallest absolute Gasteiger partial charge is 0.163 e. The number of aryl methyl sites for hydroxylation is 1. The maximum Gasteiger partial charge on any atom is 0.163 e. The van der Waals surface area contributed by atoms with Gasteiger partial charge < -0.3 is 9.13 Å². The maximum absolute atomic E-state index is 6.10. The van der Waals surface area contributed by atoms with Crippen LogP contribution in [0.15, 0.2) is 48.8 Å². The molecule has 2 heterocycles. The molecule has 0 saturated heterocycles. The Kier molecular flexibility index (Phi) is 3.62. The lowest BCUT2D eigenvalue weighted by Gasteiger charge is -2.41. The molecule has 0 amide bonds. The highest BCUT2D eigenvalue weighted by atomic mass is 35.5. The van der Waals surface area contributed by atoms with Crippen LogP contribution in [0.25, 0.3) is 22.4 Å². The summed E-state index contributed by atoms with van der Waals surface area (Å²) in [6.45, 7) is 0. The molecule has 2 aromatic heterocycles. The van der Waals surface area contributed by atoms with E-state index in [1.807, 2.05) is 36.1 Å². The molecule has 5 rings (SSSR count). The molecule has 0 N–H and O–H groups in total. The second-order valence-corrected chi connectivity index (χ2v) is 7.84. The fourth-order valence-corrected chi connectivity index (χ4v) is 4.33. The van der Waals surface area contributed by atoms with Crippen LogP contribution in [0.1, 0.15) is 30.7 Å². The number of fused-ring (bicyclic) bond motifs is 1. The number of nitrogens with zero attached hydrogens (tertiary/aromatic N) is 5. The Morgan fingerprint density at radius 3 is 2.48 bits per heavy atom. The van der Waals surface area contributed by atoms with Crippen LogP contribution in [-0.4, -0.2) is 24.3 Å². The first-order valence-corrected chi connectivity index (χ1v) is 9.54. The molecule has 0 spiro atoms. The monoisotopic (exact) mass is 377 g/mol. The standard InChI is InChI=1S/C21H20ClN5/c1-26-13-23-17-9-4-14(12-18(17)26)19-24-25-20(27(19)2)21(10-3-11-21)15-5-7-16(22)8-6-15/h4-9,12-13H,3,10-11H2,1-2H3. The van der Waals surface area contributed by atoms with Crippen LogP contribution in [0.4, 0.5) is 0 Å². The quantitative estimate of drug-likeness (QED) is 0.528. The number of rotatable bonds is 3. The van der Waals surface area contributed by atoms with Crippen LogP contribution in [-0.2, 0) is 19.5 Å². The number of aromatic nitrogens is 5. The van der Waals surface area contributed by atoms with Crippen molar-refractivity contribution in [1.82, 2.24) is 24.3 Å². The molecule has 136 valence electrons. The van der Waals surface area contributed by atoms with E-state index in [-0.39, 0.29) is 5.41 Å². The van der Waals surface area contributed by atoms with Gasteiger partial charge in [-0.3, -0.25) is 0 Å². The number of benzene rings is 2. The zero-order valence-corrected chi connectivity index (χ0v) is 16.1. The Hall–Kier alpha value is -2.66. The minimum Gasteiger partial charge on any atom is -0.334 e. The van der Waals surface area contributed by atoms with Gasteiger partial charge in [-0.2, -0.15) is 0 Å². The Morgan fingerprint density at radius 2 is 1.78 bits per heavy atom. The number of hydrogen-bond donors (Lipinski definition) is 0. The van der Waals surface area contributed by atoms with E-state index in [0.717, 1.165) is 46.1 Å². The van der Waals surface area contributed by atoms with E-state index in [9.17, 15) is 0 Å². The lowest BCUT2D eigenvalue weighted by molar-refractivity contribution is 0.278. The molecule has 27 heavy (non-hydrogen) atoms. The third-order valence-electron chi connectivity index (χ3n) is 5.89. The fraction of sp³-hybridized carbons (Fsp3) is 0.286. The molecule has 1 aliphatic rings. The van der Waals surface area contributed by atoms with Crippen molar-refractivity contribution in [3.05, 3.63) is 65.2 Å². The summed E-state index contributed by atoms with van der Waals surface area (Å²) in [5, 5.41) is 9.95. The highest BCUT2D eigenvalue weighted by molar-refractivity contribution is 6.30. The lowest BCUT2D eigenvalue weighted by atomic mass is 9.64. The first kappa shape index (κ1) is 16.5. The summed E-state index contributed by atoms with van der Waals surface area (Å²) >= 11 is 6.10. The fourth-order valence-electron chi connectivity index (χ4n) is 4.20. The molecule has 2 aromatic carbocycles. The molecule has 0 unspecified atom stereocenters.